The highest BCUT2D eigenvalue weighted by Crippen LogP contribution is 2.31. The van der Waals surface area contributed by atoms with E-state index in [-0.39, 0.29) is 18.6 Å². The van der Waals surface area contributed by atoms with E-state index in [2.05, 4.69) is 5.32 Å². The largest absolute Gasteiger partial charge is 0.493 e. The number of aliphatic hydroxyl groups is 1. The molecule has 2 heterocycles. The summed E-state index contributed by atoms with van der Waals surface area (Å²) in [5.74, 6) is 1.44. The van der Waals surface area contributed by atoms with E-state index in [0.717, 1.165) is 75.7 Å². The highest BCUT2D eigenvalue weighted by atomic mass is 19.4. The van der Waals surface area contributed by atoms with E-state index in [1.807, 2.05) is 30.3 Å². The van der Waals surface area contributed by atoms with Crippen LogP contribution in [0.5, 0.6) is 11.5 Å². The Balaban J connectivity index is 0.000000269. The molecule has 2 saturated heterocycles. The first-order valence-electron chi connectivity index (χ1n) is 15.7. The monoisotopic (exact) mass is 684 g/mol. The molecule has 2 N–H and O–H groups in total. The molecule has 48 heavy (non-hydrogen) atoms. The second-order valence-corrected chi connectivity index (χ2v) is 11.4. The van der Waals surface area contributed by atoms with Crippen LogP contribution in [0, 0.1) is 11.8 Å². The van der Waals surface area contributed by atoms with Gasteiger partial charge in [0.05, 0.1) is 24.3 Å². The van der Waals surface area contributed by atoms with E-state index in [0.29, 0.717) is 43.7 Å². The number of ether oxygens (including phenoxy) is 3. The summed E-state index contributed by atoms with van der Waals surface area (Å²) in [6, 6.07) is 19.0. The van der Waals surface area contributed by atoms with Crippen LogP contribution in [-0.4, -0.2) is 62.6 Å². The van der Waals surface area contributed by atoms with E-state index in [9.17, 15) is 31.1 Å². The fourth-order valence-corrected chi connectivity index (χ4v) is 5.15. The average Bonchev–Trinajstić information content (AvgIpc) is 3.10. The van der Waals surface area contributed by atoms with Gasteiger partial charge in [-0.05, 0) is 86.3 Å². The molecular formula is C35H42F6N2O5. The van der Waals surface area contributed by atoms with Gasteiger partial charge in [0.15, 0.2) is 0 Å². The molecule has 2 aliphatic rings. The maximum absolute atomic E-state index is 12.6. The Kier molecular flexibility index (Phi) is 15.3. The number of carbonyl (C=O) groups is 1. The Morgan fingerprint density at radius 2 is 1.29 bits per heavy atom. The summed E-state index contributed by atoms with van der Waals surface area (Å²) in [5.41, 5.74) is -0.422. The molecule has 0 radical (unpaired) electrons. The van der Waals surface area contributed by atoms with Gasteiger partial charge in [0, 0.05) is 38.6 Å². The number of likely N-dealkylation sites (tertiary alicyclic amines) is 1. The molecule has 2 aliphatic heterocycles. The summed E-state index contributed by atoms with van der Waals surface area (Å²) < 4.78 is 91.3. The molecular weight excluding hydrogens is 642 g/mol. The molecule has 264 valence electrons. The molecule has 0 spiro atoms. The SMILES string of the molecule is CO.FC(F)(F)c1ccc(OC[C@H]2CCCNC2)cc1.O=C(OCc1ccccc1)N1CCC[C@H](COc2ccc(C(F)(F)F)cc2)C1. The lowest BCUT2D eigenvalue weighted by molar-refractivity contribution is -0.138. The minimum absolute atomic E-state index is 0.111. The Hall–Kier alpha value is -3.97. The molecule has 5 rings (SSSR count). The van der Waals surface area contributed by atoms with Gasteiger partial charge < -0.3 is 29.5 Å². The van der Waals surface area contributed by atoms with Gasteiger partial charge in [-0.15, -0.1) is 0 Å². The van der Waals surface area contributed by atoms with Gasteiger partial charge in [-0.2, -0.15) is 26.3 Å². The first kappa shape index (κ1) is 38.5. The lowest BCUT2D eigenvalue weighted by Gasteiger charge is -2.32. The van der Waals surface area contributed by atoms with Crippen molar-refractivity contribution >= 4 is 6.09 Å². The Morgan fingerprint density at radius 3 is 1.79 bits per heavy atom. The second kappa shape index (κ2) is 19.1. The fourth-order valence-electron chi connectivity index (χ4n) is 5.15. The standard InChI is InChI=1S/C21H22F3NO3.C13H16F3NO.CH4O/c22-21(23,24)18-8-10-19(11-9-18)27-15-17-7-4-12-25(13-17)20(26)28-14-16-5-2-1-3-6-16;14-13(15,16)11-3-5-12(6-4-11)18-9-10-2-1-7-17-8-10;1-2/h1-3,5-6,8-11,17H,4,7,12-15H2;3-6,10,17H,1-2,7-9H2;2H,1H3/t17-;10-;/m00./s1. The van der Waals surface area contributed by atoms with Crippen LogP contribution in [-0.2, 0) is 23.7 Å². The molecule has 3 aromatic rings. The van der Waals surface area contributed by atoms with Crippen molar-refractivity contribution in [3.8, 4) is 11.5 Å². The molecule has 13 heteroatoms. The van der Waals surface area contributed by atoms with E-state index in [4.69, 9.17) is 19.3 Å². The maximum atomic E-state index is 12.6. The summed E-state index contributed by atoms with van der Waals surface area (Å²) in [7, 11) is 1.00. The Morgan fingerprint density at radius 1 is 0.771 bits per heavy atom. The van der Waals surface area contributed by atoms with Gasteiger partial charge in [-0.3, -0.25) is 0 Å². The van der Waals surface area contributed by atoms with Crippen molar-refractivity contribution in [1.82, 2.24) is 10.2 Å². The third kappa shape index (κ3) is 13.3. The van der Waals surface area contributed by atoms with Gasteiger partial charge >= 0.3 is 18.4 Å². The number of aliphatic hydroxyl groups excluding tert-OH is 1. The van der Waals surface area contributed by atoms with Crippen LogP contribution in [0.2, 0.25) is 0 Å². The minimum Gasteiger partial charge on any atom is -0.493 e. The van der Waals surface area contributed by atoms with Crippen LogP contribution in [0.3, 0.4) is 0 Å². The van der Waals surface area contributed by atoms with Gasteiger partial charge in [0.2, 0.25) is 0 Å². The number of hydrogen-bond acceptors (Lipinski definition) is 6. The number of piperidine rings is 2. The number of carbonyl (C=O) groups excluding carboxylic acids is 1. The summed E-state index contributed by atoms with van der Waals surface area (Å²) >= 11 is 0. The molecule has 0 aromatic heterocycles. The number of halogens is 6. The first-order chi connectivity index (χ1) is 23.0. The second-order valence-electron chi connectivity index (χ2n) is 11.4. The maximum Gasteiger partial charge on any atom is 0.416 e. The van der Waals surface area contributed by atoms with Crippen molar-refractivity contribution in [3.63, 3.8) is 0 Å². The fraction of sp³-hybridized carbons (Fsp3) is 0.457. The molecule has 0 aliphatic carbocycles. The van der Waals surface area contributed by atoms with Crippen LogP contribution in [0.25, 0.3) is 0 Å². The molecule has 0 unspecified atom stereocenters. The van der Waals surface area contributed by atoms with Crippen molar-refractivity contribution in [1.29, 1.82) is 0 Å². The van der Waals surface area contributed by atoms with E-state index in [1.54, 1.807) is 4.90 Å². The predicted octanol–water partition coefficient (Wildman–Crippen LogP) is 7.83. The summed E-state index contributed by atoms with van der Waals surface area (Å²) in [4.78, 5) is 13.9. The van der Waals surface area contributed by atoms with E-state index < -0.39 is 23.5 Å². The van der Waals surface area contributed by atoms with Crippen LogP contribution in [0.15, 0.2) is 78.9 Å². The molecule has 7 nitrogen and oxygen atoms in total. The van der Waals surface area contributed by atoms with Crippen LogP contribution in [0.1, 0.15) is 42.4 Å². The van der Waals surface area contributed by atoms with Gasteiger partial charge in [-0.25, -0.2) is 4.79 Å². The van der Waals surface area contributed by atoms with E-state index in [1.165, 1.54) is 24.3 Å². The molecule has 2 fully saturated rings. The highest BCUT2D eigenvalue weighted by molar-refractivity contribution is 5.67. The third-order valence-electron chi connectivity index (χ3n) is 7.72. The van der Waals surface area contributed by atoms with Gasteiger partial charge in [0.1, 0.15) is 18.1 Å². The van der Waals surface area contributed by atoms with Crippen molar-refractivity contribution < 1.29 is 50.5 Å². The lowest BCUT2D eigenvalue weighted by atomic mass is 9.99. The van der Waals surface area contributed by atoms with Crippen molar-refractivity contribution in [2.75, 3.05) is 46.5 Å². The van der Waals surface area contributed by atoms with Crippen LogP contribution >= 0.6 is 0 Å². The zero-order valence-corrected chi connectivity index (χ0v) is 26.7. The van der Waals surface area contributed by atoms with Gasteiger partial charge in [0.25, 0.3) is 0 Å². The number of benzene rings is 3. The van der Waals surface area contributed by atoms with Gasteiger partial charge in [-0.1, -0.05) is 30.3 Å². The minimum atomic E-state index is -4.36. The van der Waals surface area contributed by atoms with Crippen molar-refractivity contribution in [2.45, 2.75) is 44.6 Å². The van der Waals surface area contributed by atoms with Crippen molar-refractivity contribution in [2.24, 2.45) is 11.8 Å². The molecule has 0 bridgehead atoms. The first-order valence-corrected chi connectivity index (χ1v) is 15.7. The zero-order valence-electron chi connectivity index (χ0n) is 26.7. The Bertz CT molecular complexity index is 1330. The number of alkyl halides is 6. The summed E-state index contributed by atoms with van der Waals surface area (Å²) in [6.45, 7) is 4.21. The Labute approximate surface area is 276 Å². The predicted molar refractivity (Wildman–Crippen MR) is 169 cm³/mol. The quantitative estimate of drug-likeness (QED) is 0.236. The number of nitrogens with one attached hydrogen (secondary N) is 1. The molecule has 1 amide bonds. The highest BCUT2D eigenvalue weighted by Gasteiger charge is 2.31. The van der Waals surface area contributed by atoms with Crippen LogP contribution in [0.4, 0.5) is 31.1 Å². The van der Waals surface area contributed by atoms with Crippen molar-refractivity contribution in [3.05, 3.63) is 95.6 Å². The molecule has 3 aromatic carbocycles. The zero-order chi connectivity index (χ0) is 35.0. The topological polar surface area (TPSA) is 80.3 Å². The molecule has 2 atom stereocenters. The summed E-state index contributed by atoms with van der Waals surface area (Å²) in [5, 5.41) is 10.3. The smallest absolute Gasteiger partial charge is 0.416 e. The van der Waals surface area contributed by atoms with Crippen LogP contribution < -0.4 is 14.8 Å². The molecule has 0 saturated carbocycles. The lowest BCUT2D eigenvalue weighted by Crippen LogP contribution is -2.41. The van der Waals surface area contributed by atoms with E-state index >= 15 is 0 Å². The number of hydrogen-bond donors (Lipinski definition) is 2. The number of nitrogens with zero attached hydrogens (tertiary/aromatic N) is 1. The average molecular weight is 685 g/mol. The normalized spacial score (nSPS) is 18.0. The third-order valence-corrected chi connectivity index (χ3v) is 7.72. The summed E-state index contributed by atoms with van der Waals surface area (Å²) in [6.07, 6.45) is -5.05. The number of rotatable bonds is 8. The number of amides is 1.